The number of para-hydroxylation sites is 1. The fraction of sp³-hybridized carbons (Fsp3) is 0.300. The van der Waals surface area contributed by atoms with Crippen LogP contribution in [0, 0.1) is 0 Å². The van der Waals surface area contributed by atoms with Gasteiger partial charge < -0.3 is 9.80 Å². The van der Waals surface area contributed by atoms with E-state index in [1.807, 2.05) is 24.3 Å². The van der Waals surface area contributed by atoms with E-state index in [9.17, 15) is 18.0 Å². The van der Waals surface area contributed by atoms with Gasteiger partial charge in [-0.25, -0.2) is 8.42 Å². The van der Waals surface area contributed by atoms with Gasteiger partial charge >= 0.3 is 0 Å². The average molecular weight is 401 g/mol. The van der Waals surface area contributed by atoms with Crippen LogP contribution in [0.25, 0.3) is 0 Å². The van der Waals surface area contributed by atoms with Crippen LogP contribution in [0.1, 0.15) is 27.6 Å². The smallest absolute Gasteiger partial charge is 0.256 e. The van der Waals surface area contributed by atoms with Gasteiger partial charge in [-0.1, -0.05) is 12.1 Å². The summed E-state index contributed by atoms with van der Waals surface area (Å²) >= 11 is 0. The molecule has 1 N–H and O–H groups in total. The van der Waals surface area contributed by atoms with Crippen molar-refractivity contribution >= 4 is 33.1 Å². The fourth-order valence-corrected chi connectivity index (χ4v) is 3.78. The molecule has 0 radical (unpaired) electrons. The average Bonchev–Trinajstić information content (AvgIpc) is 2.67. The van der Waals surface area contributed by atoms with Crippen molar-refractivity contribution in [1.29, 1.82) is 0 Å². The van der Waals surface area contributed by atoms with Crippen LogP contribution in [-0.4, -0.2) is 57.4 Å². The van der Waals surface area contributed by atoms with E-state index >= 15 is 0 Å². The predicted molar refractivity (Wildman–Crippen MR) is 109 cm³/mol. The predicted octanol–water partition coefficient (Wildman–Crippen LogP) is 2.22. The van der Waals surface area contributed by atoms with Crippen molar-refractivity contribution in [2.45, 2.75) is 6.92 Å². The van der Waals surface area contributed by atoms with Crippen LogP contribution in [0.3, 0.4) is 0 Å². The molecule has 148 valence electrons. The van der Waals surface area contributed by atoms with Crippen molar-refractivity contribution in [3.05, 3.63) is 59.7 Å². The zero-order chi connectivity index (χ0) is 20.3. The first-order valence-electron chi connectivity index (χ1n) is 8.96. The molecule has 0 aromatic heterocycles. The first kappa shape index (κ1) is 19.9. The molecule has 7 nitrogen and oxygen atoms in total. The number of benzene rings is 2. The number of carbonyl (C=O) groups is 2. The second-order valence-corrected chi connectivity index (χ2v) is 8.55. The Hall–Kier alpha value is -2.87. The number of nitrogens with one attached hydrogen (secondary N) is 1. The molecule has 28 heavy (non-hydrogen) atoms. The summed E-state index contributed by atoms with van der Waals surface area (Å²) in [7, 11) is -3.47. The van der Waals surface area contributed by atoms with Crippen LogP contribution in [-0.2, 0) is 10.0 Å². The summed E-state index contributed by atoms with van der Waals surface area (Å²) in [6.45, 7) is 3.91. The second-order valence-electron chi connectivity index (χ2n) is 6.80. The molecule has 1 aliphatic rings. The molecule has 0 unspecified atom stereocenters. The van der Waals surface area contributed by atoms with Gasteiger partial charge in [0.25, 0.3) is 5.91 Å². The summed E-state index contributed by atoms with van der Waals surface area (Å²) < 4.78 is 25.5. The number of hydrogen-bond donors (Lipinski definition) is 1. The van der Waals surface area contributed by atoms with Crippen molar-refractivity contribution in [3.8, 4) is 0 Å². The maximum absolute atomic E-state index is 12.9. The van der Waals surface area contributed by atoms with Crippen LogP contribution in [0.5, 0.6) is 0 Å². The van der Waals surface area contributed by atoms with Crippen LogP contribution < -0.4 is 9.62 Å². The normalized spacial score (nSPS) is 14.6. The van der Waals surface area contributed by atoms with Crippen LogP contribution >= 0.6 is 0 Å². The van der Waals surface area contributed by atoms with E-state index in [1.54, 1.807) is 29.2 Å². The number of amides is 1. The topological polar surface area (TPSA) is 86.8 Å². The third kappa shape index (κ3) is 4.69. The number of Topliss-reactive ketones (excluding diaryl/α,β-unsaturated/α-hetero) is 1. The van der Waals surface area contributed by atoms with Crippen molar-refractivity contribution in [1.82, 2.24) is 4.90 Å². The Labute approximate surface area is 165 Å². The molecule has 0 bridgehead atoms. The van der Waals surface area contributed by atoms with E-state index in [0.29, 0.717) is 37.3 Å². The monoisotopic (exact) mass is 401 g/mol. The Morgan fingerprint density at radius 1 is 0.929 bits per heavy atom. The van der Waals surface area contributed by atoms with Gasteiger partial charge in [0.2, 0.25) is 10.0 Å². The lowest BCUT2D eigenvalue weighted by Crippen LogP contribution is -2.49. The minimum atomic E-state index is -3.47. The lowest BCUT2D eigenvalue weighted by atomic mass is 10.1. The number of anilines is 2. The standard InChI is InChI=1S/C20H23N3O4S/c1-15(24)16-7-9-17(10-8-16)22-11-13-23(14-12-22)20(25)18-5-3-4-6-19(18)21-28(2,26)27/h3-10,21H,11-14H2,1-2H3. The molecule has 1 aliphatic heterocycles. The van der Waals surface area contributed by atoms with Gasteiger partial charge in [-0.3, -0.25) is 14.3 Å². The Bertz CT molecular complexity index is 979. The molecule has 3 rings (SSSR count). The number of rotatable bonds is 5. The highest BCUT2D eigenvalue weighted by Gasteiger charge is 2.24. The third-order valence-electron chi connectivity index (χ3n) is 4.66. The molecule has 2 aromatic rings. The molecular formula is C20H23N3O4S. The SMILES string of the molecule is CC(=O)c1ccc(N2CCN(C(=O)c3ccccc3NS(C)(=O)=O)CC2)cc1. The maximum atomic E-state index is 12.9. The third-order valence-corrected chi connectivity index (χ3v) is 5.25. The lowest BCUT2D eigenvalue weighted by Gasteiger charge is -2.36. The highest BCUT2D eigenvalue weighted by molar-refractivity contribution is 7.92. The van der Waals surface area contributed by atoms with E-state index in [4.69, 9.17) is 0 Å². The minimum Gasteiger partial charge on any atom is -0.368 e. The number of hydrogen-bond acceptors (Lipinski definition) is 5. The highest BCUT2D eigenvalue weighted by Crippen LogP contribution is 2.21. The molecule has 0 aliphatic carbocycles. The van der Waals surface area contributed by atoms with Gasteiger partial charge in [0.1, 0.15) is 0 Å². The summed E-state index contributed by atoms with van der Waals surface area (Å²) in [4.78, 5) is 28.2. The van der Waals surface area contributed by atoms with Gasteiger partial charge in [0.15, 0.2) is 5.78 Å². The minimum absolute atomic E-state index is 0.0309. The van der Waals surface area contributed by atoms with Gasteiger partial charge in [-0.05, 0) is 43.3 Å². The summed E-state index contributed by atoms with van der Waals surface area (Å²) in [5, 5.41) is 0. The number of carbonyl (C=O) groups excluding carboxylic acids is 2. The van der Waals surface area contributed by atoms with E-state index in [2.05, 4.69) is 9.62 Å². The van der Waals surface area contributed by atoms with Crippen LogP contribution in [0.2, 0.25) is 0 Å². The number of ketones is 1. The van der Waals surface area contributed by atoms with E-state index < -0.39 is 10.0 Å². The Balaban J connectivity index is 1.68. The molecule has 0 saturated carbocycles. The van der Waals surface area contributed by atoms with Crippen molar-refractivity contribution in [2.75, 3.05) is 42.1 Å². The Morgan fingerprint density at radius 3 is 2.11 bits per heavy atom. The van der Waals surface area contributed by atoms with E-state index in [0.717, 1.165) is 11.9 Å². The largest absolute Gasteiger partial charge is 0.368 e. The Morgan fingerprint density at radius 2 is 1.54 bits per heavy atom. The summed E-state index contributed by atoms with van der Waals surface area (Å²) in [6.07, 6.45) is 1.06. The molecule has 0 spiro atoms. The quantitative estimate of drug-likeness (QED) is 0.777. The number of piperazine rings is 1. The van der Waals surface area contributed by atoms with Gasteiger partial charge in [0, 0.05) is 37.4 Å². The van der Waals surface area contributed by atoms with Crippen LogP contribution in [0.4, 0.5) is 11.4 Å². The summed E-state index contributed by atoms with van der Waals surface area (Å²) in [5.74, 6) is -0.165. The fourth-order valence-electron chi connectivity index (χ4n) is 3.20. The summed E-state index contributed by atoms with van der Waals surface area (Å²) in [6, 6.07) is 14.1. The zero-order valence-electron chi connectivity index (χ0n) is 15.9. The van der Waals surface area contributed by atoms with Gasteiger partial charge in [-0.2, -0.15) is 0 Å². The molecule has 1 fully saturated rings. The molecule has 1 amide bonds. The molecule has 0 atom stereocenters. The summed E-state index contributed by atoms with van der Waals surface area (Å²) in [5.41, 5.74) is 2.31. The Kier molecular flexibility index (Phi) is 5.69. The van der Waals surface area contributed by atoms with Crippen molar-refractivity contribution < 1.29 is 18.0 Å². The van der Waals surface area contributed by atoms with Gasteiger partial charge in [-0.15, -0.1) is 0 Å². The molecule has 8 heteroatoms. The lowest BCUT2D eigenvalue weighted by molar-refractivity contribution is 0.0747. The first-order valence-corrected chi connectivity index (χ1v) is 10.9. The molecular weight excluding hydrogens is 378 g/mol. The zero-order valence-corrected chi connectivity index (χ0v) is 16.7. The van der Waals surface area contributed by atoms with Gasteiger partial charge in [0.05, 0.1) is 17.5 Å². The first-order chi connectivity index (χ1) is 13.2. The molecule has 2 aromatic carbocycles. The highest BCUT2D eigenvalue weighted by atomic mass is 32.2. The van der Waals surface area contributed by atoms with Crippen molar-refractivity contribution in [2.24, 2.45) is 0 Å². The maximum Gasteiger partial charge on any atom is 0.256 e. The van der Waals surface area contributed by atoms with Crippen LogP contribution in [0.15, 0.2) is 48.5 Å². The number of sulfonamides is 1. The molecule has 1 heterocycles. The number of nitrogens with zero attached hydrogens (tertiary/aromatic N) is 2. The second kappa shape index (κ2) is 8.02. The van der Waals surface area contributed by atoms with Crippen molar-refractivity contribution in [3.63, 3.8) is 0 Å². The van der Waals surface area contributed by atoms with E-state index in [-0.39, 0.29) is 17.4 Å². The van der Waals surface area contributed by atoms with E-state index in [1.165, 1.54) is 6.92 Å². The molecule has 1 saturated heterocycles.